The normalized spacial score (nSPS) is 8.40. The first-order chi connectivity index (χ1) is 2.41. The molecule has 0 aromatic rings. The van der Waals surface area contributed by atoms with E-state index in [1.165, 1.54) is 16.8 Å². The summed E-state index contributed by atoms with van der Waals surface area (Å²) in [6.45, 7) is 0. The Kier molecular flexibility index (Phi) is 6.26. The summed E-state index contributed by atoms with van der Waals surface area (Å²) in [4.78, 5) is 0. The minimum atomic E-state index is 1.27. The Hall–Kier alpha value is 1.12. The van der Waals surface area contributed by atoms with Crippen molar-refractivity contribution in [2.45, 2.75) is 16.8 Å². The van der Waals surface area contributed by atoms with Crippen LogP contribution >= 0.6 is 0 Å². The van der Waals surface area contributed by atoms with E-state index in [0.717, 1.165) is 0 Å². The number of hydrogen-bond donors (Lipinski definition) is 0. The quantitative estimate of drug-likeness (QED) is 0.560. The van der Waals surface area contributed by atoms with Gasteiger partial charge in [0.2, 0.25) is 0 Å². The van der Waals surface area contributed by atoms with E-state index in [4.69, 9.17) is 0 Å². The molecule has 0 saturated carbocycles. The second-order valence-corrected chi connectivity index (χ2v) is 2.68. The van der Waals surface area contributed by atoms with Crippen LogP contribution in [-0.2, 0) is 0 Å². The first-order valence-electron chi connectivity index (χ1n) is 1.63. The van der Waals surface area contributed by atoms with Gasteiger partial charge in [0.1, 0.15) is 0 Å². The average molecular weight is 192 g/mol. The van der Waals surface area contributed by atoms with Gasteiger partial charge in [-0.1, -0.05) is 0 Å². The molecule has 0 bridgehead atoms. The van der Waals surface area contributed by atoms with Gasteiger partial charge in [-0.25, -0.2) is 0 Å². The minimum absolute atomic E-state index is 1.27. The summed E-state index contributed by atoms with van der Waals surface area (Å²) in [5.74, 6) is 0. The molecule has 0 rings (SSSR count). The number of rotatable bonds is 2. The molecular weight excluding hydrogens is 186 g/mol. The maximum atomic E-state index is 2.57. The summed E-state index contributed by atoms with van der Waals surface area (Å²) in [6, 6.07) is 0. The van der Waals surface area contributed by atoms with Crippen LogP contribution in [0.15, 0.2) is 0 Å². The van der Waals surface area contributed by atoms with Crippen molar-refractivity contribution in [2.24, 2.45) is 0 Å². The maximum absolute atomic E-state index is 2.57. The fourth-order valence-electron chi connectivity index (χ4n) is 0.0707. The molecule has 0 aromatic heterocycles. The van der Waals surface area contributed by atoms with Crippen molar-refractivity contribution < 1.29 is 0 Å². The molecule has 0 heterocycles. The van der Waals surface area contributed by atoms with E-state index in [0.29, 0.717) is 0 Å². The van der Waals surface area contributed by atoms with Gasteiger partial charge in [-0.05, 0) is 0 Å². The van der Waals surface area contributed by atoms with Crippen molar-refractivity contribution in [2.75, 3.05) is 0 Å². The molecule has 4 radical (unpaired) electrons. The summed E-state index contributed by atoms with van der Waals surface area (Å²) in [6.07, 6.45) is 1.33. The molecule has 0 atom stereocenters. The molecule has 0 aliphatic rings. The molecular formula is C3H6As2. The van der Waals surface area contributed by atoms with Gasteiger partial charge in [0, 0.05) is 0 Å². The zero-order valence-electron chi connectivity index (χ0n) is 3.02. The summed E-state index contributed by atoms with van der Waals surface area (Å²) in [5, 5.41) is 2.53. The second-order valence-electron chi connectivity index (χ2n) is 0.801. The fourth-order valence-corrected chi connectivity index (χ4v) is 1.91. The number of hydrogen-bond acceptors (Lipinski definition) is 0. The van der Waals surface area contributed by atoms with E-state index in [-0.39, 0.29) is 0 Å². The van der Waals surface area contributed by atoms with E-state index >= 15 is 0 Å². The van der Waals surface area contributed by atoms with Crippen molar-refractivity contribution >= 4 is 33.7 Å². The SMILES string of the molecule is [As]CCC[As]. The summed E-state index contributed by atoms with van der Waals surface area (Å²) < 4.78 is 0. The third-order valence-electron chi connectivity index (χ3n) is 0.316. The van der Waals surface area contributed by atoms with Crippen LogP contribution in [0.5, 0.6) is 0 Å². The molecule has 0 aliphatic heterocycles. The molecule has 0 spiro atoms. The van der Waals surface area contributed by atoms with E-state index in [1.807, 2.05) is 0 Å². The van der Waals surface area contributed by atoms with Crippen molar-refractivity contribution in [3.05, 3.63) is 0 Å². The predicted molar refractivity (Wildman–Crippen MR) is 25.7 cm³/mol. The van der Waals surface area contributed by atoms with Crippen LogP contribution in [0, 0.1) is 0 Å². The molecule has 5 heavy (non-hydrogen) atoms. The molecule has 28 valence electrons. The van der Waals surface area contributed by atoms with Gasteiger partial charge >= 0.3 is 50.5 Å². The molecule has 0 fully saturated rings. The van der Waals surface area contributed by atoms with Crippen molar-refractivity contribution in [1.82, 2.24) is 0 Å². The van der Waals surface area contributed by atoms with Crippen LogP contribution in [0.1, 0.15) is 6.42 Å². The Labute approximate surface area is 50.7 Å². The van der Waals surface area contributed by atoms with Crippen molar-refractivity contribution in [3.63, 3.8) is 0 Å². The van der Waals surface area contributed by atoms with Gasteiger partial charge in [-0.2, -0.15) is 0 Å². The Morgan fingerprint density at radius 1 is 1.00 bits per heavy atom. The standard InChI is InChI=1S/C3H6As2/c4-2-1-3-5/h1-3H2. The molecule has 0 nitrogen and oxygen atoms in total. The van der Waals surface area contributed by atoms with Gasteiger partial charge in [0.25, 0.3) is 0 Å². The van der Waals surface area contributed by atoms with E-state index < -0.39 is 0 Å². The monoisotopic (exact) mass is 192 g/mol. The van der Waals surface area contributed by atoms with Gasteiger partial charge < -0.3 is 0 Å². The zero-order chi connectivity index (χ0) is 4.12. The van der Waals surface area contributed by atoms with E-state index in [2.05, 4.69) is 33.7 Å². The van der Waals surface area contributed by atoms with Crippen molar-refractivity contribution in [3.8, 4) is 0 Å². The van der Waals surface area contributed by atoms with Crippen LogP contribution in [-0.4, -0.2) is 33.7 Å². The second kappa shape index (κ2) is 5.12. The molecule has 0 unspecified atom stereocenters. The van der Waals surface area contributed by atoms with Gasteiger partial charge in [-0.15, -0.1) is 0 Å². The van der Waals surface area contributed by atoms with E-state index in [9.17, 15) is 0 Å². The molecule has 0 saturated heterocycles. The third kappa shape index (κ3) is 5.12. The fraction of sp³-hybridized carbons (Fsp3) is 1.00. The van der Waals surface area contributed by atoms with Gasteiger partial charge in [-0.3, -0.25) is 0 Å². The van der Waals surface area contributed by atoms with Gasteiger partial charge in [0.05, 0.1) is 0 Å². The van der Waals surface area contributed by atoms with E-state index in [1.54, 1.807) is 0 Å². The molecule has 0 amide bonds. The Morgan fingerprint density at radius 3 is 1.40 bits per heavy atom. The topological polar surface area (TPSA) is 0 Å². The van der Waals surface area contributed by atoms with Gasteiger partial charge in [0.15, 0.2) is 0 Å². The van der Waals surface area contributed by atoms with Crippen LogP contribution in [0.3, 0.4) is 0 Å². The molecule has 0 N–H and O–H groups in total. The summed E-state index contributed by atoms with van der Waals surface area (Å²) in [7, 11) is 0. The summed E-state index contributed by atoms with van der Waals surface area (Å²) >= 11 is 5.14. The van der Waals surface area contributed by atoms with Crippen molar-refractivity contribution in [1.29, 1.82) is 0 Å². The average Bonchev–Trinajstić information content (AvgIpc) is 1.41. The first-order valence-corrected chi connectivity index (χ1v) is 4.29. The first kappa shape index (κ1) is 6.12. The molecule has 0 aliphatic carbocycles. The molecule has 0 aromatic carbocycles. The predicted octanol–water partition coefficient (Wildman–Crippen LogP) is 0.550. The Balaban J connectivity index is 2.19. The van der Waals surface area contributed by atoms with Crippen LogP contribution < -0.4 is 0 Å². The summed E-state index contributed by atoms with van der Waals surface area (Å²) in [5.41, 5.74) is 0. The van der Waals surface area contributed by atoms with Crippen LogP contribution in [0.2, 0.25) is 10.4 Å². The Morgan fingerprint density at radius 2 is 1.40 bits per heavy atom. The van der Waals surface area contributed by atoms with Crippen LogP contribution in [0.4, 0.5) is 0 Å². The molecule has 2 heteroatoms. The zero-order valence-corrected chi connectivity index (χ0v) is 6.77. The third-order valence-corrected chi connectivity index (χ3v) is 1.64. The Bertz CT molecular complexity index is 12.4. The van der Waals surface area contributed by atoms with Crippen LogP contribution in [0.25, 0.3) is 0 Å².